The van der Waals surface area contributed by atoms with E-state index in [0.717, 1.165) is 83.5 Å². The van der Waals surface area contributed by atoms with Crippen LogP contribution in [0.4, 0.5) is 0 Å². The number of hydrogen-bond donors (Lipinski definition) is 3. The SMILES string of the molecule is CCC[CH2][Sn]([O]C(=O)C(CS)C1CCCCC1)([O]C(=O)C(CS)C1CCCCC1)[O]C(=O)C(CS)C1CCCCC1. The van der Waals surface area contributed by atoms with E-state index in [-0.39, 0.29) is 17.8 Å². The molecule has 0 bridgehead atoms. The Hall–Kier alpha value is 0.259. The molecule has 0 amide bonds. The van der Waals surface area contributed by atoms with Crippen molar-refractivity contribution in [2.75, 3.05) is 17.3 Å². The van der Waals surface area contributed by atoms with Gasteiger partial charge in [-0.25, -0.2) is 0 Å². The van der Waals surface area contributed by atoms with Crippen molar-refractivity contribution >= 4 is 75.4 Å². The van der Waals surface area contributed by atoms with Gasteiger partial charge in [-0.2, -0.15) is 0 Å². The quantitative estimate of drug-likeness (QED) is 0.118. The summed E-state index contributed by atoms with van der Waals surface area (Å²) in [6.45, 7) is 2.04. The molecule has 0 saturated heterocycles. The van der Waals surface area contributed by atoms with Crippen molar-refractivity contribution in [3.63, 3.8) is 0 Å². The fourth-order valence-electron chi connectivity index (χ4n) is 7.15. The van der Waals surface area contributed by atoms with E-state index in [1.54, 1.807) is 0 Å². The van der Waals surface area contributed by atoms with E-state index in [1.807, 2.05) is 6.92 Å². The van der Waals surface area contributed by atoms with Crippen molar-refractivity contribution < 1.29 is 23.6 Å². The number of rotatable bonds is 15. The van der Waals surface area contributed by atoms with Gasteiger partial charge in [0, 0.05) is 0 Å². The van der Waals surface area contributed by atoms with Crippen molar-refractivity contribution in [1.29, 1.82) is 0 Å². The van der Waals surface area contributed by atoms with Gasteiger partial charge in [-0.3, -0.25) is 0 Å². The number of hydrogen-bond acceptors (Lipinski definition) is 9. The normalized spacial score (nSPS) is 23.1. The van der Waals surface area contributed by atoms with Gasteiger partial charge in [0.2, 0.25) is 0 Å². The first kappa shape index (κ1) is 35.7. The van der Waals surface area contributed by atoms with E-state index < -0.39 is 55.3 Å². The van der Waals surface area contributed by atoms with E-state index >= 15 is 0 Å². The van der Waals surface area contributed by atoms with Crippen molar-refractivity contribution in [1.82, 2.24) is 0 Å². The molecule has 0 radical (unpaired) electrons. The fourth-order valence-corrected chi connectivity index (χ4v) is 15.9. The molecule has 10 heteroatoms. The van der Waals surface area contributed by atoms with Gasteiger partial charge in [-0.05, 0) is 0 Å². The molecule has 3 aliphatic carbocycles. The first-order valence-corrected chi connectivity index (χ1v) is 23.8. The molecular formula is C31H54O6S3Sn. The van der Waals surface area contributed by atoms with Crippen molar-refractivity contribution in [3.05, 3.63) is 0 Å². The molecule has 3 rings (SSSR count). The van der Waals surface area contributed by atoms with Crippen LogP contribution in [0.15, 0.2) is 0 Å². The van der Waals surface area contributed by atoms with Crippen molar-refractivity contribution in [3.8, 4) is 0 Å². The van der Waals surface area contributed by atoms with Gasteiger partial charge in [0.05, 0.1) is 0 Å². The second kappa shape index (κ2) is 18.9. The van der Waals surface area contributed by atoms with Gasteiger partial charge in [0.25, 0.3) is 0 Å². The predicted molar refractivity (Wildman–Crippen MR) is 175 cm³/mol. The molecule has 0 N–H and O–H groups in total. The van der Waals surface area contributed by atoms with Crippen LogP contribution in [-0.4, -0.2) is 54.8 Å². The maximum atomic E-state index is 13.9. The average Bonchev–Trinajstić information content (AvgIpc) is 2.99. The number of carbonyl (C=O) groups is 3. The van der Waals surface area contributed by atoms with Crippen LogP contribution in [0.5, 0.6) is 0 Å². The third-order valence-electron chi connectivity index (χ3n) is 9.76. The zero-order valence-electron chi connectivity index (χ0n) is 25.1. The van der Waals surface area contributed by atoms with Gasteiger partial charge in [0.15, 0.2) is 0 Å². The number of unbranched alkanes of at least 4 members (excludes halogenated alkanes) is 1. The van der Waals surface area contributed by atoms with E-state index in [0.29, 0.717) is 28.1 Å². The first-order valence-electron chi connectivity index (χ1n) is 16.4. The molecular weight excluding hydrogens is 683 g/mol. The third-order valence-corrected chi connectivity index (χ3v) is 18.1. The molecule has 0 aliphatic heterocycles. The number of carbonyl (C=O) groups excluding carboxylic acids is 3. The molecule has 6 nitrogen and oxygen atoms in total. The zero-order chi connectivity index (χ0) is 29.7. The van der Waals surface area contributed by atoms with Crippen LogP contribution in [0.1, 0.15) is 116 Å². The topological polar surface area (TPSA) is 78.9 Å². The van der Waals surface area contributed by atoms with Crippen LogP contribution >= 0.6 is 37.9 Å². The molecule has 0 aromatic heterocycles. The van der Waals surface area contributed by atoms with Gasteiger partial charge in [0.1, 0.15) is 0 Å². The van der Waals surface area contributed by atoms with E-state index in [4.69, 9.17) is 9.22 Å². The summed E-state index contributed by atoms with van der Waals surface area (Å²) in [5, 5.41) is 0. The maximum absolute atomic E-state index is 13.9. The van der Waals surface area contributed by atoms with Crippen LogP contribution in [0.25, 0.3) is 0 Å². The number of thiol groups is 3. The predicted octanol–water partition coefficient (Wildman–Crippen LogP) is 7.73. The van der Waals surface area contributed by atoms with Crippen LogP contribution < -0.4 is 0 Å². The molecule has 3 unspecified atom stereocenters. The van der Waals surface area contributed by atoms with Crippen LogP contribution in [-0.2, 0) is 23.6 Å². The Morgan fingerprint density at radius 1 is 0.585 bits per heavy atom. The molecule has 3 atom stereocenters. The molecule has 0 heterocycles. The fraction of sp³-hybridized carbons (Fsp3) is 0.903. The summed E-state index contributed by atoms with van der Waals surface area (Å²) in [4.78, 5) is 41.6. The third kappa shape index (κ3) is 10.7. The molecule has 3 fully saturated rings. The summed E-state index contributed by atoms with van der Waals surface area (Å²) in [7, 11) is 0. The molecule has 3 saturated carbocycles. The first-order chi connectivity index (χ1) is 19.9. The monoisotopic (exact) mass is 738 g/mol. The van der Waals surface area contributed by atoms with Crippen LogP contribution in [0.3, 0.4) is 0 Å². The Kier molecular flexibility index (Phi) is 16.5. The summed E-state index contributed by atoms with van der Waals surface area (Å²) in [5.41, 5.74) is 0. The van der Waals surface area contributed by atoms with Gasteiger partial charge in [-0.15, -0.1) is 0 Å². The second-order valence-electron chi connectivity index (χ2n) is 12.6. The summed E-state index contributed by atoms with van der Waals surface area (Å²) in [6.07, 6.45) is 17.3. The van der Waals surface area contributed by atoms with Crippen molar-refractivity contribution in [2.24, 2.45) is 35.5 Å². The Morgan fingerprint density at radius 2 is 0.878 bits per heavy atom. The zero-order valence-corrected chi connectivity index (χ0v) is 30.6. The summed E-state index contributed by atoms with van der Waals surface area (Å²) >= 11 is 8.54. The minimum atomic E-state index is -5.10. The Morgan fingerprint density at radius 3 is 1.12 bits per heavy atom. The average molecular weight is 738 g/mol. The van der Waals surface area contributed by atoms with Crippen molar-refractivity contribution in [2.45, 2.75) is 121 Å². The minimum absolute atomic E-state index is 0.190. The van der Waals surface area contributed by atoms with Gasteiger partial charge < -0.3 is 0 Å². The molecule has 0 aromatic rings. The molecule has 0 aromatic carbocycles. The summed E-state index contributed by atoms with van der Waals surface area (Å²) < 4.78 is 19.3. The standard InChI is InChI=1S/3C9H16O2S.C4H9.Sn/c3*10-9(11)8(6-12)7-4-2-1-3-5-7;1-3-4-2;/h3*7-8,12H,1-6H2,(H,10,11);1,3-4H2,2H3;/q;;;;+3/p-3. The van der Waals surface area contributed by atoms with Crippen LogP contribution in [0.2, 0.25) is 4.44 Å². The van der Waals surface area contributed by atoms with E-state index in [9.17, 15) is 14.4 Å². The van der Waals surface area contributed by atoms with Gasteiger partial charge >= 0.3 is 272 Å². The molecule has 3 aliphatic rings. The molecule has 0 spiro atoms. The second-order valence-corrected chi connectivity index (χ2v) is 20.8. The van der Waals surface area contributed by atoms with E-state index in [2.05, 4.69) is 37.9 Å². The summed E-state index contributed by atoms with van der Waals surface area (Å²) in [6, 6.07) is 0. The molecule has 41 heavy (non-hydrogen) atoms. The van der Waals surface area contributed by atoms with Gasteiger partial charge in [-0.1, -0.05) is 0 Å². The Labute approximate surface area is 270 Å². The van der Waals surface area contributed by atoms with E-state index in [1.165, 1.54) is 19.3 Å². The molecule has 236 valence electrons. The summed E-state index contributed by atoms with van der Waals surface area (Å²) in [5.74, 6) is -0.734. The Bertz CT molecular complexity index is 714. The Balaban J connectivity index is 1.90. The van der Waals surface area contributed by atoms with Crippen LogP contribution in [0, 0.1) is 35.5 Å².